The molecule has 1 N–H and O–H groups in total. The van der Waals surface area contributed by atoms with E-state index >= 15 is 0 Å². The fraction of sp³-hybridized carbons (Fsp3) is 0.429. The van der Waals surface area contributed by atoms with Crippen LogP contribution in [0.25, 0.3) is 11.3 Å². The van der Waals surface area contributed by atoms with E-state index in [-0.39, 0.29) is 5.97 Å². The molecule has 1 aromatic carbocycles. The molecule has 1 aliphatic rings. The van der Waals surface area contributed by atoms with E-state index in [2.05, 4.69) is 9.88 Å². The topological polar surface area (TPSA) is 78.8 Å². The van der Waals surface area contributed by atoms with Gasteiger partial charge < -0.3 is 18.8 Å². The Morgan fingerprint density at radius 2 is 1.93 bits per heavy atom. The van der Waals surface area contributed by atoms with E-state index in [1.54, 1.807) is 6.92 Å². The fourth-order valence-electron chi connectivity index (χ4n) is 3.10. The summed E-state index contributed by atoms with van der Waals surface area (Å²) in [6.45, 7) is 9.20. The average molecular weight is 386 g/mol. The highest BCUT2D eigenvalue weighted by Gasteiger charge is 2.24. The summed E-state index contributed by atoms with van der Waals surface area (Å²) >= 11 is 0. The summed E-state index contributed by atoms with van der Waals surface area (Å²) in [7, 11) is 0. The van der Waals surface area contributed by atoms with Crippen LogP contribution in [0.5, 0.6) is 0 Å². The maximum atomic E-state index is 12.3. The Hall–Kier alpha value is -2.80. The van der Waals surface area contributed by atoms with Crippen LogP contribution in [0.15, 0.2) is 30.3 Å². The number of benzene rings is 1. The van der Waals surface area contributed by atoms with E-state index in [0.29, 0.717) is 37.6 Å². The number of amides is 1. The van der Waals surface area contributed by atoms with Crippen LogP contribution in [0.1, 0.15) is 43.7 Å². The average Bonchev–Trinajstić information content (AvgIpc) is 3.01. The zero-order valence-electron chi connectivity index (χ0n) is 16.7. The predicted molar refractivity (Wildman–Crippen MR) is 105 cm³/mol. The first-order valence-electron chi connectivity index (χ1n) is 9.36. The minimum Gasteiger partial charge on any atom is -0.462 e. The molecule has 1 aliphatic heterocycles. The third-order valence-corrected chi connectivity index (χ3v) is 4.23. The molecule has 0 spiro atoms. The minimum atomic E-state index is -0.555. The number of hydrogen-bond donors (Lipinski definition) is 1. The number of anilines is 1. The maximum absolute atomic E-state index is 12.3. The van der Waals surface area contributed by atoms with Gasteiger partial charge in [0.1, 0.15) is 5.60 Å². The van der Waals surface area contributed by atoms with Gasteiger partial charge in [-0.15, -0.1) is 0 Å². The van der Waals surface area contributed by atoms with Gasteiger partial charge in [0.25, 0.3) is 0 Å². The highest BCUT2D eigenvalue weighted by atomic mass is 16.6. The second kappa shape index (κ2) is 8.06. The van der Waals surface area contributed by atoms with Crippen molar-refractivity contribution < 1.29 is 23.8 Å². The third kappa shape index (κ3) is 4.54. The summed E-state index contributed by atoms with van der Waals surface area (Å²) in [5, 5.41) is 2.72. The smallest absolute Gasteiger partial charge is 0.412 e. The summed E-state index contributed by atoms with van der Waals surface area (Å²) in [6.07, 6.45) is -0.498. The Bertz CT molecular complexity index is 862. The van der Waals surface area contributed by atoms with Crippen molar-refractivity contribution in [3.05, 3.63) is 41.6 Å². The number of carbonyl (C=O) groups excluding carboxylic acids is 2. The van der Waals surface area contributed by atoms with Crippen LogP contribution in [-0.4, -0.2) is 35.4 Å². The molecular formula is C21H26N2O5. The van der Waals surface area contributed by atoms with Crippen molar-refractivity contribution >= 4 is 17.7 Å². The maximum Gasteiger partial charge on any atom is 0.412 e. The van der Waals surface area contributed by atoms with Crippen LogP contribution >= 0.6 is 0 Å². The van der Waals surface area contributed by atoms with Gasteiger partial charge in [-0.1, -0.05) is 12.1 Å². The zero-order chi connectivity index (χ0) is 20.3. The molecule has 0 atom stereocenters. The van der Waals surface area contributed by atoms with Gasteiger partial charge in [-0.3, -0.25) is 5.32 Å². The SMILES string of the molecule is CCOC(=O)c1cc(-c2ccc(NC(=O)OC(C)(C)C)cc2)n2c1COCC2. The van der Waals surface area contributed by atoms with Crippen LogP contribution in [0, 0.1) is 0 Å². The first-order chi connectivity index (χ1) is 13.3. The lowest BCUT2D eigenvalue weighted by molar-refractivity contribution is 0.0505. The summed E-state index contributed by atoms with van der Waals surface area (Å²) in [4.78, 5) is 24.2. The molecule has 3 rings (SSSR count). The number of esters is 1. The molecule has 0 fully saturated rings. The molecule has 0 aliphatic carbocycles. The zero-order valence-corrected chi connectivity index (χ0v) is 16.7. The van der Waals surface area contributed by atoms with Gasteiger partial charge in [0.15, 0.2) is 0 Å². The molecular weight excluding hydrogens is 360 g/mol. The molecule has 0 saturated heterocycles. The highest BCUT2D eigenvalue weighted by molar-refractivity contribution is 5.93. The molecule has 0 unspecified atom stereocenters. The van der Waals surface area contributed by atoms with Crippen molar-refractivity contribution in [2.24, 2.45) is 0 Å². The summed E-state index contributed by atoms with van der Waals surface area (Å²) in [5.74, 6) is -0.341. The quantitative estimate of drug-likeness (QED) is 0.797. The first kappa shape index (κ1) is 19.9. The molecule has 0 saturated carbocycles. The van der Waals surface area contributed by atoms with E-state index in [1.165, 1.54) is 0 Å². The number of nitrogens with zero attached hydrogens (tertiary/aromatic N) is 1. The lowest BCUT2D eigenvalue weighted by Gasteiger charge is -2.20. The Balaban J connectivity index is 1.84. The van der Waals surface area contributed by atoms with Crippen molar-refractivity contribution in [1.29, 1.82) is 0 Å². The summed E-state index contributed by atoms with van der Waals surface area (Å²) in [5.41, 5.74) is 3.31. The number of hydrogen-bond acceptors (Lipinski definition) is 5. The molecule has 7 nitrogen and oxygen atoms in total. The van der Waals surface area contributed by atoms with Crippen molar-refractivity contribution in [2.75, 3.05) is 18.5 Å². The lowest BCUT2D eigenvalue weighted by atomic mass is 10.1. The van der Waals surface area contributed by atoms with E-state index < -0.39 is 11.7 Å². The van der Waals surface area contributed by atoms with Crippen molar-refractivity contribution in [1.82, 2.24) is 4.57 Å². The number of rotatable bonds is 4. The Morgan fingerprint density at radius 1 is 1.21 bits per heavy atom. The standard InChI is InChI=1S/C21H26N2O5/c1-5-27-19(24)16-12-17(23-10-11-26-13-18(16)23)14-6-8-15(9-7-14)22-20(25)28-21(2,3)4/h6-9,12H,5,10-11,13H2,1-4H3,(H,22,25). The third-order valence-electron chi connectivity index (χ3n) is 4.23. The van der Waals surface area contributed by atoms with Crippen LogP contribution in [0.2, 0.25) is 0 Å². The van der Waals surface area contributed by atoms with Gasteiger partial charge in [-0.05, 0) is 51.5 Å². The molecule has 2 aromatic rings. The lowest BCUT2D eigenvalue weighted by Crippen LogP contribution is -2.27. The number of aromatic nitrogens is 1. The van der Waals surface area contributed by atoms with Crippen LogP contribution < -0.4 is 5.32 Å². The van der Waals surface area contributed by atoms with Gasteiger partial charge in [-0.25, -0.2) is 9.59 Å². The molecule has 0 bridgehead atoms. The Labute approximate surface area is 164 Å². The Kier molecular flexibility index (Phi) is 5.74. The molecule has 150 valence electrons. The second-order valence-electron chi connectivity index (χ2n) is 7.52. The summed E-state index contributed by atoms with van der Waals surface area (Å²) in [6, 6.07) is 9.27. The van der Waals surface area contributed by atoms with Gasteiger partial charge in [-0.2, -0.15) is 0 Å². The highest BCUT2D eigenvalue weighted by Crippen LogP contribution is 2.30. The fourth-order valence-corrected chi connectivity index (χ4v) is 3.10. The van der Waals surface area contributed by atoms with Crippen LogP contribution in [-0.2, 0) is 27.4 Å². The van der Waals surface area contributed by atoms with Gasteiger partial charge in [0.2, 0.25) is 0 Å². The van der Waals surface area contributed by atoms with Crippen molar-refractivity contribution in [2.45, 2.75) is 46.4 Å². The van der Waals surface area contributed by atoms with Gasteiger partial charge in [0, 0.05) is 17.9 Å². The number of nitrogens with one attached hydrogen (secondary N) is 1. The Morgan fingerprint density at radius 3 is 2.57 bits per heavy atom. The molecule has 1 aromatic heterocycles. The first-order valence-corrected chi connectivity index (χ1v) is 9.36. The van der Waals surface area contributed by atoms with Gasteiger partial charge in [0.05, 0.1) is 31.1 Å². The summed E-state index contributed by atoms with van der Waals surface area (Å²) < 4.78 is 18.1. The molecule has 2 heterocycles. The number of carbonyl (C=O) groups is 2. The predicted octanol–water partition coefficient (Wildman–Crippen LogP) is 4.21. The van der Waals surface area contributed by atoms with E-state index in [1.807, 2.05) is 51.1 Å². The van der Waals surface area contributed by atoms with Crippen LogP contribution in [0.3, 0.4) is 0 Å². The van der Waals surface area contributed by atoms with E-state index in [0.717, 1.165) is 17.0 Å². The molecule has 7 heteroatoms. The largest absolute Gasteiger partial charge is 0.462 e. The normalized spacial score (nSPS) is 13.6. The monoisotopic (exact) mass is 386 g/mol. The van der Waals surface area contributed by atoms with Crippen molar-refractivity contribution in [3.63, 3.8) is 0 Å². The minimum absolute atomic E-state index is 0.324. The molecule has 1 amide bonds. The van der Waals surface area contributed by atoms with Crippen LogP contribution in [0.4, 0.5) is 10.5 Å². The number of ether oxygens (including phenoxy) is 3. The number of fused-ring (bicyclic) bond motifs is 1. The van der Waals surface area contributed by atoms with Crippen molar-refractivity contribution in [3.8, 4) is 11.3 Å². The molecule has 28 heavy (non-hydrogen) atoms. The second-order valence-corrected chi connectivity index (χ2v) is 7.52. The molecule has 0 radical (unpaired) electrons. The van der Waals surface area contributed by atoms with E-state index in [9.17, 15) is 9.59 Å². The van der Waals surface area contributed by atoms with Gasteiger partial charge >= 0.3 is 12.1 Å². The van der Waals surface area contributed by atoms with E-state index in [4.69, 9.17) is 14.2 Å².